The van der Waals surface area contributed by atoms with E-state index in [1.165, 1.54) is 308 Å². The normalized spacial score (nSPS) is 11.8. The summed E-state index contributed by atoms with van der Waals surface area (Å²) in [5.41, 5.74) is 7.83. The summed E-state index contributed by atoms with van der Waals surface area (Å²) < 4.78 is 88.7. The van der Waals surface area contributed by atoms with E-state index >= 15 is 0 Å². The molecule has 0 atom stereocenters. The van der Waals surface area contributed by atoms with Crippen LogP contribution in [0, 0.1) is 0 Å². The van der Waals surface area contributed by atoms with E-state index in [9.17, 15) is 0 Å². The Balaban J connectivity index is 1.48. The Bertz CT molecular complexity index is 3440. The van der Waals surface area contributed by atoms with Crippen molar-refractivity contribution in [3.63, 3.8) is 0 Å². The molecule has 5 aromatic rings. The van der Waals surface area contributed by atoms with Gasteiger partial charge in [0.05, 0.1) is 132 Å². The molecule has 5 rings (SSSR count). The summed E-state index contributed by atoms with van der Waals surface area (Å²) in [6.07, 6.45) is 93.3. The fourth-order valence-electron chi connectivity index (χ4n) is 17.6. The van der Waals surface area contributed by atoms with E-state index in [0.29, 0.717) is 117 Å². The zero-order valence-electron chi connectivity index (χ0n) is 91.3. The van der Waals surface area contributed by atoms with Gasteiger partial charge in [0.1, 0.15) is 24.7 Å². The molecule has 0 bridgehead atoms. The summed E-state index contributed by atoms with van der Waals surface area (Å²) in [4.78, 5) is 0. The predicted molar refractivity (Wildman–Crippen MR) is 602 cm³/mol. The molecule has 16 heteroatoms. The SMILES string of the molecule is CCCCCCCCCCCCOc1cc(/C=C/c2ccc(/C=C/c3cc(OCCOCCOCCOCCO)c(/C=C/c4ccc(/C=C/c5cc(OCCCCCCCCCCCC)c(OCCCCCCCCCCCC)c(OCCCCCCCCCCCC)c5)cc4)cc3OCCOCCOCCOCCO)cc2)cc(OCCCCCCCCCCCC)c1OCCCCCCCCCCCC. The highest BCUT2D eigenvalue weighted by Gasteiger charge is 2.20. The monoisotopic (exact) mass is 1980 g/mol. The summed E-state index contributed by atoms with van der Waals surface area (Å²) in [6.45, 7) is 22.6. The van der Waals surface area contributed by atoms with E-state index in [1.807, 2.05) is 0 Å². The minimum absolute atomic E-state index is 0.0225. The number of aliphatic hydroxyl groups is 2. The third kappa shape index (κ3) is 67.8. The van der Waals surface area contributed by atoms with Crippen molar-refractivity contribution < 1.29 is 76.5 Å². The molecular formula is C126H206O16. The lowest BCUT2D eigenvalue weighted by molar-refractivity contribution is 0.00345. The molecule has 2 N–H and O–H groups in total. The van der Waals surface area contributed by atoms with E-state index in [1.54, 1.807) is 0 Å². The molecule has 142 heavy (non-hydrogen) atoms. The standard InChI is InChI=1S/C126H206O16/c1-7-13-19-25-31-37-43-49-55-61-85-135-121-105-115(106-122(136-86-62-56-50-44-38-32-26-20-14-8-2)125(121)141-89-65-59-53-47-41-35-29-23-17-11-5)77-75-111-67-71-113(72-68-111)79-81-117-109-120(140-104-102-134-100-98-132-96-94-130-92-84-128)118(110-119(117)139-103-101-133-99-97-131-95-93-129-91-83-127)82-80-114-73-69-112(70-74-114)76-78-116-107-123(137-87-63-57-51-45-39-33-27-21-15-9-3)126(142-90-66-60-54-48-42-36-30-24-18-12-6)124(108-116)138-88-64-58-52-46-40-34-28-22-16-10-4/h67-82,105-110,127-128H,7-66,83-104H2,1-6H3/b77-75+,78-76+,81-79+,82-80+. The van der Waals surface area contributed by atoms with E-state index in [-0.39, 0.29) is 39.6 Å². The van der Waals surface area contributed by atoms with Crippen LogP contribution < -0.4 is 37.9 Å². The van der Waals surface area contributed by atoms with E-state index in [2.05, 4.69) is 175 Å². The van der Waals surface area contributed by atoms with Crippen molar-refractivity contribution in [2.45, 2.75) is 427 Å². The summed E-state index contributed by atoms with van der Waals surface area (Å²) in [7, 11) is 0. The summed E-state index contributed by atoms with van der Waals surface area (Å²) in [5.74, 6) is 5.89. The van der Waals surface area contributed by atoms with Crippen LogP contribution in [0.2, 0.25) is 0 Å². The fourth-order valence-corrected chi connectivity index (χ4v) is 17.6. The first kappa shape index (κ1) is 126. The van der Waals surface area contributed by atoms with Crippen LogP contribution in [0.25, 0.3) is 48.6 Å². The van der Waals surface area contributed by atoms with E-state index in [4.69, 9.17) is 76.5 Å². The molecule has 0 aromatic heterocycles. The lowest BCUT2D eigenvalue weighted by Gasteiger charge is -2.18. The van der Waals surface area contributed by atoms with Crippen LogP contribution in [0.3, 0.4) is 0 Å². The predicted octanol–water partition coefficient (Wildman–Crippen LogP) is 35.0. The number of ether oxygens (including phenoxy) is 14. The maximum Gasteiger partial charge on any atom is 0.203 e. The second-order valence-corrected chi connectivity index (χ2v) is 39.3. The molecule has 0 heterocycles. The van der Waals surface area contributed by atoms with Gasteiger partial charge in [0.25, 0.3) is 0 Å². The first-order chi connectivity index (χ1) is 70.4. The number of hydrogen-bond acceptors (Lipinski definition) is 16. The van der Waals surface area contributed by atoms with Gasteiger partial charge in [-0.25, -0.2) is 0 Å². The van der Waals surface area contributed by atoms with Crippen molar-refractivity contribution >= 4 is 48.6 Å². The van der Waals surface area contributed by atoms with Gasteiger partial charge in [-0.05, 0) is 108 Å². The van der Waals surface area contributed by atoms with E-state index in [0.717, 1.165) is 156 Å². The summed E-state index contributed by atoms with van der Waals surface area (Å²) in [6, 6.07) is 30.0. The largest absolute Gasteiger partial charge is 0.491 e. The van der Waals surface area contributed by atoms with Crippen LogP contribution in [-0.4, -0.2) is 156 Å². The molecule has 0 saturated heterocycles. The Morgan fingerprint density at radius 3 is 0.521 bits per heavy atom. The Hall–Kier alpha value is -6.86. The molecule has 5 aromatic carbocycles. The highest BCUT2D eigenvalue weighted by atomic mass is 16.6. The molecular weight excluding hydrogens is 1770 g/mol. The molecule has 0 amide bonds. The van der Waals surface area contributed by atoms with Crippen molar-refractivity contribution in [1.82, 2.24) is 0 Å². The number of benzene rings is 5. The molecule has 0 aliphatic rings. The number of unbranched alkanes of at least 4 members (excludes halogenated alkanes) is 54. The maximum absolute atomic E-state index is 9.15. The van der Waals surface area contributed by atoms with Crippen molar-refractivity contribution in [1.29, 1.82) is 0 Å². The minimum atomic E-state index is -0.0225. The first-order valence-electron chi connectivity index (χ1n) is 58.5. The summed E-state index contributed by atoms with van der Waals surface area (Å²) >= 11 is 0. The van der Waals surface area contributed by atoms with Crippen molar-refractivity contribution in [2.75, 3.05) is 145 Å². The topological polar surface area (TPSA) is 170 Å². The molecule has 0 saturated carbocycles. The van der Waals surface area contributed by atoms with Gasteiger partial charge in [0.15, 0.2) is 23.0 Å². The van der Waals surface area contributed by atoms with Crippen molar-refractivity contribution in [3.8, 4) is 46.0 Å². The summed E-state index contributed by atoms with van der Waals surface area (Å²) in [5, 5.41) is 18.3. The number of hydrogen-bond donors (Lipinski definition) is 2. The van der Waals surface area contributed by atoms with Gasteiger partial charge in [0.2, 0.25) is 11.5 Å². The third-order valence-electron chi connectivity index (χ3n) is 26.4. The zero-order valence-corrected chi connectivity index (χ0v) is 91.3. The van der Waals surface area contributed by atoms with Gasteiger partial charge < -0.3 is 76.5 Å². The van der Waals surface area contributed by atoms with Crippen molar-refractivity contribution in [3.05, 3.63) is 129 Å². The minimum Gasteiger partial charge on any atom is -0.491 e. The third-order valence-corrected chi connectivity index (χ3v) is 26.4. The van der Waals surface area contributed by atoms with Crippen LogP contribution in [0.4, 0.5) is 0 Å². The second-order valence-electron chi connectivity index (χ2n) is 39.3. The Labute approximate surface area is 867 Å². The number of rotatable bonds is 104. The number of aliphatic hydroxyl groups excluding tert-OH is 2. The Morgan fingerprint density at radius 2 is 0.317 bits per heavy atom. The second kappa shape index (κ2) is 93.9. The van der Waals surface area contributed by atoms with Crippen LogP contribution in [0.1, 0.15) is 471 Å². The van der Waals surface area contributed by atoms with Crippen LogP contribution in [-0.2, 0) is 28.4 Å². The zero-order chi connectivity index (χ0) is 101. The molecule has 0 aliphatic heterocycles. The first-order valence-corrected chi connectivity index (χ1v) is 58.5. The Morgan fingerprint density at radius 1 is 0.155 bits per heavy atom. The van der Waals surface area contributed by atoms with Crippen molar-refractivity contribution in [2.24, 2.45) is 0 Å². The average molecular weight is 1980 g/mol. The fraction of sp³-hybridized carbons (Fsp3) is 0.698. The highest BCUT2D eigenvalue weighted by molar-refractivity contribution is 5.80. The van der Waals surface area contributed by atoms with Gasteiger partial charge in [-0.1, -0.05) is 485 Å². The molecule has 16 nitrogen and oxygen atoms in total. The molecule has 0 spiro atoms. The lowest BCUT2D eigenvalue weighted by Crippen LogP contribution is -2.14. The van der Waals surface area contributed by atoms with E-state index < -0.39 is 0 Å². The molecule has 0 radical (unpaired) electrons. The highest BCUT2D eigenvalue weighted by Crippen LogP contribution is 2.43. The quantitative estimate of drug-likeness (QED) is 0.0278. The molecule has 0 fully saturated rings. The van der Waals surface area contributed by atoms with Gasteiger partial charge in [-0.15, -0.1) is 0 Å². The van der Waals surface area contributed by atoms with Crippen LogP contribution in [0.15, 0.2) is 84.9 Å². The maximum atomic E-state index is 9.15. The molecule has 0 unspecified atom stereocenters. The molecule has 806 valence electrons. The van der Waals surface area contributed by atoms with Gasteiger partial charge >= 0.3 is 0 Å². The average Bonchev–Trinajstić information content (AvgIpc) is 0.828. The lowest BCUT2D eigenvalue weighted by atomic mass is 10.0. The smallest absolute Gasteiger partial charge is 0.203 e. The van der Waals surface area contributed by atoms with Crippen LogP contribution in [0.5, 0.6) is 46.0 Å². The van der Waals surface area contributed by atoms with Crippen LogP contribution >= 0.6 is 0 Å². The van der Waals surface area contributed by atoms with Gasteiger partial charge in [-0.2, -0.15) is 0 Å². The molecule has 0 aliphatic carbocycles. The van der Waals surface area contributed by atoms with Gasteiger partial charge in [0, 0.05) is 11.1 Å². The Kier molecular flexibility index (Phi) is 83.0. The van der Waals surface area contributed by atoms with Gasteiger partial charge in [-0.3, -0.25) is 0 Å².